The van der Waals surface area contributed by atoms with Crippen LogP contribution < -0.4 is 0 Å². The molecular weight excluding hydrogens is 250 g/mol. The Hall–Kier alpha value is -0.740. The zero-order valence-electron chi connectivity index (χ0n) is 7.35. The quantitative estimate of drug-likeness (QED) is 0.708. The van der Waals surface area contributed by atoms with E-state index in [2.05, 4.69) is 4.99 Å². The maximum atomic E-state index is 11.9. The Morgan fingerprint density at radius 1 is 1.20 bits per heavy atom. The van der Waals surface area contributed by atoms with Crippen molar-refractivity contribution in [3.05, 3.63) is 34.9 Å². The van der Waals surface area contributed by atoms with Crippen LogP contribution in [0.3, 0.4) is 0 Å². The van der Waals surface area contributed by atoms with Gasteiger partial charge in [-0.2, -0.15) is 13.2 Å². The number of nitrogens with zero attached hydrogens (tertiary/aromatic N) is 1. The standard InChI is InChI=1S/C9H6Cl2F3N/c10-7-3-1-6(2-4-7)5-15-8(11)9(12,13)14/h1-4H,5H2. The molecule has 0 atom stereocenters. The molecule has 0 aliphatic rings. The first-order valence-electron chi connectivity index (χ1n) is 3.91. The summed E-state index contributed by atoms with van der Waals surface area (Å²) in [5, 5.41) is -0.831. The summed E-state index contributed by atoms with van der Waals surface area (Å²) in [7, 11) is 0. The van der Waals surface area contributed by atoms with Gasteiger partial charge in [0.1, 0.15) is 0 Å². The van der Waals surface area contributed by atoms with Crippen molar-refractivity contribution in [1.82, 2.24) is 0 Å². The lowest BCUT2D eigenvalue weighted by Gasteiger charge is -2.03. The summed E-state index contributed by atoms with van der Waals surface area (Å²) in [5.41, 5.74) is 0.613. The highest BCUT2D eigenvalue weighted by Crippen LogP contribution is 2.20. The van der Waals surface area contributed by atoms with E-state index >= 15 is 0 Å². The first kappa shape index (κ1) is 12.3. The fourth-order valence-electron chi connectivity index (χ4n) is 0.840. The van der Waals surface area contributed by atoms with Gasteiger partial charge < -0.3 is 0 Å². The SMILES string of the molecule is FC(F)(F)C(Cl)=NCc1ccc(Cl)cc1. The fourth-order valence-corrected chi connectivity index (χ4v) is 1.03. The van der Waals surface area contributed by atoms with Gasteiger partial charge >= 0.3 is 6.18 Å². The van der Waals surface area contributed by atoms with Crippen LogP contribution in [-0.4, -0.2) is 11.3 Å². The fraction of sp³-hybridized carbons (Fsp3) is 0.222. The predicted molar refractivity (Wildman–Crippen MR) is 54.5 cm³/mol. The Morgan fingerprint density at radius 2 is 1.73 bits per heavy atom. The predicted octanol–water partition coefficient (Wildman–Crippen LogP) is 4.04. The lowest BCUT2D eigenvalue weighted by Crippen LogP contribution is -2.17. The van der Waals surface area contributed by atoms with Crippen molar-refractivity contribution in [2.75, 3.05) is 0 Å². The van der Waals surface area contributed by atoms with Crippen LogP contribution in [0.5, 0.6) is 0 Å². The summed E-state index contributed by atoms with van der Waals surface area (Å²) in [6.07, 6.45) is -4.58. The third-order valence-electron chi connectivity index (χ3n) is 1.55. The maximum Gasteiger partial charge on any atom is 0.444 e. The van der Waals surface area contributed by atoms with Crippen LogP contribution in [0.4, 0.5) is 13.2 Å². The molecule has 0 spiro atoms. The van der Waals surface area contributed by atoms with E-state index in [0.717, 1.165) is 0 Å². The Balaban J connectivity index is 2.68. The molecule has 0 amide bonds. The Bertz CT molecular complexity index is 357. The van der Waals surface area contributed by atoms with Gasteiger partial charge in [-0.3, -0.25) is 4.99 Å². The molecule has 0 aromatic heterocycles. The van der Waals surface area contributed by atoms with Gasteiger partial charge in [0.05, 0.1) is 6.54 Å². The zero-order valence-corrected chi connectivity index (χ0v) is 8.87. The Kier molecular flexibility index (Phi) is 3.99. The first-order chi connectivity index (χ1) is 6.89. The molecule has 0 aliphatic carbocycles. The number of aliphatic imine (C=N–C) groups is 1. The molecule has 1 aromatic carbocycles. The van der Waals surface area contributed by atoms with Gasteiger partial charge in [-0.1, -0.05) is 35.3 Å². The monoisotopic (exact) mass is 255 g/mol. The number of alkyl halides is 3. The average molecular weight is 256 g/mol. The number of hydrogen-bond donors (Lipinski definition) is 0. The van der Waals surface area contributed by atoms with Gasteiger partial charge in [0.15, 0.2) is 0 Å². The van der Waals surface area contributed by atoms with E-state index in [1.54, 1.807) is 24.3 Å². The number of hydrogen-bond acceptors (Lipinski definition) is 1. The highest BCUT2D eigenvalue weighted by atomic mass is 35.5. The molecule has 0 fully saturated rings. The molecule has 15 heavy (non-hydrogen) atoms. The molecule has 0 N–H and O–H groups in total. The molecule has 0 radical (unpaired) electrons. The van der Waals surface area contributed by atoms with Crippen molar-refractivity contribution in [3.8, 4) is 0 Å². The number of rotatable bonds is 2. The minimum absolute atomic E-state index is 0.116. The summed E-state index contributed by atoms with van der Waals surface area (Å²) in [5.74, 6) is 0. The molecule has 0 saturated carbocycles. The van der Waals surface area contributed by atoms with Gasteiger partial charge in [0.2, 0.25) is 5.17 Å². The summed E-state index contributed by atoms with van der Waals surface area (Å²) in [4.78, 5) is 3.21. The number of benzene rings is 1. The average Bonchev–Trinajstić information content (AvgIpc) is 2.15. The second-order valence-electron chi connectivity index (χ2n) is 2.73. The third kappa shape index (κ3) is 4.10. The topological polar surface area (TPSA) is 12.4 Å². The third-order valence-corrected chi connectivity index (χ3v) is 2.13. The van der Waals surface area contributed by atoms with Crippen molar-refractivity contribution in [2.24, 2.45) is 4.99 Å². The molecule has 0 aliphatic heterocycles. The molecule has 0 unspecified atom stereocenters. The molecule has 6 heteroatoms. The highest BCUT2D eigenvalue weighted by Gasteiger charge is 2.34. The van der Waals surface area contributed by atoms with E-state index in [9.17, 15) is 13.2 Å². The van der Waals surface area contributed by atoms with Crippen molar-refractivity contribution in [2.45, 2.75) is 12.7 Å². The zero-order chi connectivity index (χ0) is 11.5. The van der Waals surface area contributed by atoms with Crippen LogP contribution in [0.15, 0.2) is 29.3 Å². The van der Waals surface area contributed by atoms with Crippen LogP contribution >= 0.6 is 23.2 Å². The second-order valence-corrected chi connectivity index (χ2v) is 3.53. The van der Waals surface area contributed by atoms with Crippen LogP contribution in [0.1, 0.15) is 5.56 Å². The van der Waals surface area contributed by atoms with E-state index in [1.807, 2.05) is 0 Å². The van der Waals surface area contributed by atoms with Crippen LogP contribution in [0.2, 0.25) is 5.02 Å². The molecule has 1 aromatic rings. The molecule has 1 rings (SSSR count). The van der Waals surface area contributed by atoms with Crippen molar-refractivity contribution >= 4 is 28.4 Å². The van der Waals surface area contributed by atoms with E-state index in [-0.39, 0.29) is 6.54 Å². The Morgan fingerprint density at radius 3 is 2.20 bits per heavy atom. The summed E-state index contributed by atoms with van der Waals surface area (Å²) in [6.45, 7) is -0.116. The van der Waals surface area contributed by atoms with Crippen LogP contribution in [0.25, 0.3) is 0 Å². The molecular formula is C9H6Cl2F3N. The van der Waals surface area contributed by atoms with Gasteiger partial charge in [-0.25, -0.2) is 0 Å². The normalized spacial score (nSPS) is 13.0. The minimum atomic E-state index is -4.58. The Labute approximate surface area is 94.5 Å². The number of halogens is 5. The van der Waals surface area contributed by atoms with Crippen molar-refractivity contribution in [1.29, 1.82) is 0 Å². The summed E-state index contributed by atoms with van der Waals surface area (Å²) >= 11 is 10.5. The lowest BCUT2D eigenvalue weighted by molar-refractivity contribution is -0.0561. The van der Waals surface area contributed by atoms with Crippen molar-refractivity contribution < 1.29 is 13.2 Å². The molecule has 0 heterocycles. The second kappa shape index (κ2) is 4.86. The van der Waals surface area contributed by atoms with Gasteiger partial charge in [0, 0.05) is 5.02 Å². The maximum absolute atomic E-state index is 11.9. The lowest BCUT2D eigenvalue weighted by atomic mass is 10.2. The van der Waals surface area contributed by atoms with Gasteiger partial charge in [-0.15, -0.1) is 0 Å². The minimum Gasteiger partial charge on any atom is -0.265 e. The largest absolute Gasteiger partial charge is 0.444 e. The highest BCUT2D eigenvalue weighted by molar-refractivity contribution is 6.66. The van der Waals surface area contributed by atoms with E-state index < -0.39 is 11.3 Å². The molecule has 0 saturated heterocycles. The summed E-state index contributed by atoms with van der Waals surface area (Å²) in [6, 6.07) is 6.33. The van der Waals surface area contributed by atoms with Crippen molar-refractivity contribution in [3.63, 3.8) is 0 Å². The first-order valence-corrected chi connectivity index (χ1v) is 4.67. The summed E-state index contributed by atoms with van der Waals surface area (Å²) < 4.78 is 35.8. The van der Waals surface area contributed by atoms with E-state index in [1.165, 1.54) is 0 Å². The van der Waals surface area contributed by atoms with Crippen LogP contribution in [-0.2, 0) is 6.54 Å². The molecule has 0 bridgehead atoms. The van der Waals surface area contributed by atoms with Gasteiger partial charge in [-0.05, 0) is 17.7 Å². The van der Waals surface area contributed by atoms with Crippen LogP contribution in [0, 0.1) is 0 Å². The molecule has 1 nitrogen and oxygen atoms in total. The smallest absolute Gasteiger partial charge is 0.265 e. The van der Waals surface area contributed by atoms with Gasteiger partial charge in [0.25, 0.3) is 0 Å². The van der Waals surface area contributed by atoms with E-state index in [4.69, 9.17) is 23.2 Å². The van der Waals surface area contributed by atoms with E-state index in [0.29, 0.717) is 10.6 Å². The molecule has 82 valence electrons.